The minimum absolute atomic E-state index is 0.0280. The number of amidine groups is 1. The van der Waals surface area contributed by atoms with E-state index in [4.69, 9.17) is 14.3 Å². The van der Waals surface area contributed by atoms with Crippen molar-refractivity contribution in [3.63, 3.8) is 0 Å². The van der Waals surface area contributed by atoms with Gasteiger partial charge < -0.3 is 23.8 Å². The Morgan fingerprint density at radius 3 is 2.89 bits per heavy atom. The Hall–Kier alpha value is -3.88. The maximum absolute atomic E-state index is 14.5. The number of aromatic nitrogens is 2. The molecule has 3 aliphatic heterocycles. The van der Waals surface area contributed by atoms with Gasteiger partial charge >= 0.3 is 0 Å². The summed E-state index contributed by atoms with van der Waals surface area (Å²) in [5.41, 5.74) is 3.01. The van der Waals surface area contributed by atoms with Crippen LogP contribution in [-0.4, -0.2) is 40.5 Å². The van der Waals surface area contributed by atoms with E-state index in [0.717, 1.165) is 47.2 Å². The van der Waals surface area contributed by atoms with E-state index in [9.17, 15) is 8.78 Å². The lowest BCUT2D eigenvalue weighted by Crippen LogP contribution is -2.51. The quantitative estimate of drug-likeness (QED) is 0.535. The number of hydrogen-bond acceptors (Lipinski definition) is 6. The zero-order valence-electron chi connectivity index (χ0n) is 19.4. The molecule has 3 aromatic rings. The van der Waals surface area contributed by atoms with Crippen molar-refractivity contribution in [2.75, 3.05) is 20.3 Å². The molecule has 1 atom stereocenters. The van der Waals surface area contributed by atoms with Crippen LogP contribution in [0.3, 0.4) is 0 Å². The first kappa shape index (κ1) is 21.6. The Balaban J connectivity index is 1.35. The molecule has 0 bridgehead atoms. The number of oxime groups is 1. The van der Waals surface area contributed by atoms with Crippen LogP contribution in [0.4, 0.5) is 8.78 Å². The maximum atomic E-state index is 14.5. The molecule has 1 saturated heterocycles. The highest BCUT2D eigenvalue weighted by Gasteiger charge is 2.53. The summed E-state index contributed by atoms with van der Waals surface area (Å²) in [6, 6.07) is 8.09. The van der Waals surface area contributed by atoms with E-state index in [-0.39, 0.29) is 12.4 Å². The first-order chi connectivity index (χ1) is 17.0. The highest BCUT2D eigenvalue weighted by atomic mass is 19.1. The molecule has 7 nitrogen and oxygen atoms in total. The third-order valence-electron chi connectivity index (χ3n) is 6.74. The second-order valence-electron chi connectivity index (χ2n) is 8.93. The van der Waals surface area contributed by atoms with Gasteiger partial charge in [-0.05, 0) is 55.2 Å². The van der Waals surface area contributed by atoms with Crippen LogP contribution in [0.2, 0.25) is 0 Å². The van der Waals surface area contributed by atoms with Crippen molar-refractivity contribution < 1.29 is 23.1 Å². The number of fused-ring (bicyclic) bond motifs is 4. The van der Waals surface area contributed by atoms with Crippen molar-refractivity contribution in [3.05, 3.63) is 76.9 Å². The van der Waals surface area contributed by atoms with Gasteiger partial charge in [0.1, 0.15) is 11.6 Å². The lowest BCUT2D eigenvalue weighted by atomic mass is 9.90. The van der Waals surface area contributed by atoms with Crippen molar-refractivity contribution in [3.8, 4) is 17.2 Å². The lowest BCUT2D eigenvalue weighted by Gasteiger charge is -2.42. The summed E-state index contributed by atoms with van der Waals surface area (Å²) >= 11 is 0. The Morgan fingerprint density at radius 2 is 2.09 bits per heavy atom. The third kappa shape index (κ3) is 3.45. The summed E-state index contributed by atoms with van der Waals surface area (Å²) < 4.78 is 41.8. The molecular weight excluding hydrogens is 454 g/mol. The van der Waals surface area contributed by atoms with Crippen LogP contribution in [-0.2, 0) is 10.6 Å². The van der Waals surface area contributed by atoms with Crippen LogP contribution < -0.4 is 9.47 Å². The number of hydrogen-bond donors (Lipinski definition) is 0. The fourth-order valence-electron chi connectivity index (χ4n) is 5.13. The van der Waals surface area contributed by atoms with Gasteiger partial charge in [0.15, 0.2) is 17.4 Å². The molecular formula is C26H24F2N4O3. The molecule has 4 heterocycles. The summed E-state index contributed by atoms with van der Waals surface area (Å²) in [6.07, 6.45) is 7.83. The van der Waals surface area contributed by atoms with Crippen molar-refractivity contribution in [2.24, 2.45) is 5.16 Å². The molecule has 180 valence electrons. The van der Waals surface area contributed by atoms with E-state index in [1.807, 2.05) is 40.8 Å². The second-order valence-corrected chi connectivity index (χ2v) is 8.93. The molecule has 1 spiro atoms. The molecule has 6 rings (SSSR count). The number of piperidine rings is 1. The van der Waals surface area contributed by atoms with Gasteiger partial charge in [-0.15, -0.1) is 0 Å². The van der Waals surface area contributed by atoms with E-state index in [1.165, 1.54) is 6.07 Å². The van der Waals surface area contributed by atoms with Crippen LogP contribution in [0.5, 0.6) is 11.5 Å². The Kier molecular flexibility index (Phi) is 5.01. The normalized spacial score (nSPS) is 21.9. The average molecular weight is 478 g/mol. The van der Waals surface area contributed by atoms with Crippen LogP contribution in [0, 0.1) is 18.6 Å². The average Bonchev–Trinajstić information content (AvgIpc) is 3.45. The summed E-state index contributed by atoms with van der Waals surface area (Å²) in [5, 5.41) is 4.41. The lowest BCUT2D eigenvalue weighted by molar-refractivity contribution is -0.128. The molecule has 0 amide bonds. The second kappa shape index (κ2) is 8.11. The van der Waals surface area contributed by atoms with Gasteiger partial charge in [0.2, 0.25) is 5.72 Å². The summed E-state index contributed by atoms with van der Waals surface area (Å²) in [7, 11) is 1.64. The van der Waals surface area contributed by atoms with Crippen molar-refractivity contribution in [1.29, 1.82) is 0 Å². The predicted molar refractivity (Wildman–Crippen MR) is 125 cm³/mol. The topological polar surface area (TPSA) is 61.1 Å². The van der Waals surface area contributed by atoms with Crippen LogP contribution in [0.1, 0.15) is 36.1 Å². The number of rotatable bonds is 3. The maximum Gasteiger partial charge on any atom is 0.244 e. The third-order valence-corrected chi connectivity index (χ3v) is 6.74. The molecule has 0 aliphatic carbocycles. The van der Waals surface area contributed by atoms with Crippen molar-refractivity contribution in [2.45, 2.75) is 31.9 Å². The zero-order chi connectivity index (χ0) is 24.2. The first-order valence-corrected chi connectivity index (χ1v) is 11.5. The van der Waals surface area contributed by atoms with Crippen LogP contribution in [0.15, 0.2) is 53.6 Å². The summed E-state index contributed by atoms with van der Waals surface area (Å²) in [4.78, 5) is 12.3. The minimum Gasteiger partial charge on any atom is -0.495 e. The molecule has 3 aliphatic rings. The van der Waals surface area contributed by atoms with Gasteiger partial charge in [-0.25, -0.2) is 13.8 Å². The van der Waals surface area contributed by atoms with E-state index >= 15 is 0 Å². The number of benzene rings is 2. The number of ether oxygens (including phenoxy) is 2. The van der Waals surface area contributed by atoms with Crippen molar-refractivity contribution >= 4 is 11.9 Å². The van der Waals surface area contributed by atoms with E-state index in [0.29, 0.717) is 24.4 Å². The molecule has 1 unspecified atom stereocenters. The Morgan fingerprint density at radius 1 is 1.20 bits per heavy atom. The fraction of sp³-hybridized carbons (Fsp3) is 0.308. The molecule has 1 aromatic heterocycles. The summed E-state index contributed by atoms with van der Waals surface area (Å²) in [6.45, 7) is 2.85. The van der Waals surface area contributed by atoms with Gasteiger partial charge in [0.25, 0.3) is 0 Å². The Bertz CT molecular complexity index is 1380. The number of imidazole rings is 1. The van der Waals surface area contributed by atoms with Crippen molar-refractivity contribution in [1.82, 2.24) is 14.5 Å². The number of methoxy groups -OCH3 is 1. The van der Waals surface area contributed by atoms with Crippen LogP contribution >= 0.6 is 0 Å². The molecule has 0 saturated carbocycles. The fourth-order valence-corrected chi connectivity index (χ4v) is 5.13. The highest BCUT2D eigenvalue weighted by molar-refractivity contribution is 6.03. The van der Waals surface area contributed by atoms with E-state index in [1.54, 1.807) is 13.4 Å². The molecule has 2 aromatic carbocycles. The van der Waals surface area contributed by atoms with Crippen LogP contribution in [0.25, 0.3) is 11.8 Å². The van der Waals surface area contributed by atoms with Gasteiger partial charge in [0, 0.05) is 25.2 Å². The van der Waals surface area contributed by atoms with E-state index < -0.39 is 17.4 Å². The molecule has 0 radical (unpaired) electrons. The zero-order valence-corrected chi connectivity index (χ0v) is 19.4. The van der Waals surface area contributed by atoms with E-state index in [2.05, 4.69) is 16.2 Å². The highest BCUT2D eigenvalue weighted by Crippen LogP contribution is 2.49. The van der Waals surface area contributed by atoms with Gasteiger partial charge in [-0.3, -0.25) is 0 Å². The molecule has 1 fully saturated rings. The smallest absolute Gasteiger partial charge is 0.244 e. The molecule has 0 N–H and O–H groups in total. The monoisotopic (exact) mass is 478 g/mol. The van der Waals surface area contributed by atoms with Gasteiger partial charge in [-0.2, -0.15) is 0 Å². The predicted octanol–water partition coefficient (Wildman–Crippen LogP) is 4.93. The largest absolute Gasteiger partial charge is 0.495 e. The SMILES string of the molecule is COc1cc(/C=C2/CCCN3C2=NOC32CCOc3c(F)cc(F)cc32)ccc1-n1cnc(C)c1. The first-order valence-electron chi connectivity index (χ1n) is 11.5. The Labute approximate surface area is 201 Å². The minimum atomic E-state index is -1.08. The van der Waals surface area contributed by atoms with Gasteiger partial charge in [0.05, 0.1) is 37.0 Å². The number of halogens is 2. The summed E-state index contributed by atoms with van der Waals surface area (Å²) in [5.74, 6) is 0.0255. The molecule has 35 heavy (non-hydrogen) atoms. The number of nitrogens with zero attached hydrogens (tertiary/aromatic N) is 4. The molecule has 9 heteroatoms. The number of aryl methyl sites for hydroxylation is 1. The van der Waals surface area contributed by atoms with Gasteiger partial charge in [-0.1, -0.05) is 11.2 Å². The standard InChI is InChI=1S/C26H24F2N4O3/c1-16-14-31(15-29-16)22-6-5-17(11-23(22)33-2)10-18-4-3-8-32-25(18)30-35-26(32)7-9-34-24-20(26)12-19(27)13-21(24)28/h5-6,10-15H,3-4,7-9H2,1-2H3/b18-10-.